The van der Waals surface area contributed by atoms with Gasteiger partial charge in [0.05, 0.1) is 5.69 Å². The van der Waals surface area contributed by atoms with Crippen molar-refractivity contribution in [1.29, 1.82) is 0 Å². The van der Waals surface area contributed by atoms with Crippen molar-refractivity contribution in [3.8, 4) is 11.4 Å². The van der Waals surface area contributed by atoms with Crippen LogP contribution in [0.4, 0.5) is 0 Å². The van der Waals surface area contributed by atoms with Crippen molar-refractivity contribution < 1.29 is 4.74 Å². The van der Waals surface area contributed by atoms with Crippen LogP contribution in [0.3, 0.4) is 0 Å². The summed E-state index contributed by atoms with van der Waals surface area (Å²) in [5, 5.41) is 11.1. The van der Waals surface area contributed by atoms with Crippen molar-refractivity contribution in [3.05, 3.63) is 66.0 Å². The summed E-state index contributed by atoms with van der Waals surface area (Å²) in [5.74, 6) is 0.791. The highest BCUT2D eigenvalue weighted by Gasteiger charge is 2.01. The monoisotopic (exact) mass is 266 g/mol. The highest BCUT2D eigenvalue weighted by molar-refractivity contribution is 5.38. The van der Waals surface area contributed by atoms with E-state index < -0.39 is 0 Å². The summed E-state index contributed by atoms with van der Waals surface area (Å²) in [6.07, 6.45) is 1.56. The maximum absolute atomic E-state index is 5.80. The third kappa shape index (κ3) is 2.83. The molecule has 100 valence electrons. The van der Waals surface area contributed by atoms with Gasteiger partial charge in [-0.2, -0.15) is 0 Å². The molecule has 0 aliphatic heterocycles. The molecule has 20 heavy (non-hydrogen) atoms. The predicted octanol–water partition coefficient (Wildman–Crippen LogP) is 2.55. The predicted molar refractivity (Wildman–Crippen MR) is 74.7 cm³/mol. The Kier molecular flexibility index (Phi) is 3.41. The van der Waals surface area contributed by atoms with E-state index in [0.29, 0.717) is 6.61 Å². The van der Waals surface area contributed by atoms with Crippen LogP contribution in [0.5, 0.6) is 5.75 Å². The molecular weight excluding hydrogens is 252 g/mol. The van der Waals surface area contributed by atoms with E-state index in [0.717, 1.165) is 17.0 Å². The molecule has 0 aliphatic rings. The average Bonchev–Trinajstić information content (AvgIpc) is 3.00. The summed E-state index contributed by atoms with van der Waals surface area (Å²) in [5.41, 5.74) is 3.25. The van der Waals surface area contributed by atoms with Crippen molar-refractivity contribution in [2.75, 3.05) is 0 Å². The number of hydrogen-bond acceptors (Lipinski definition) is 4. The van der Waals surface area contributed by atoms with Crippen LogP contribution in [0.2, 0.25) is 0 Å². The number of aryl methyl sites for hydroxylation is 1. The van der Waals surface area contributed by atoms with E-state index in [9.17, 15) is 0 Å². The Balaban J connectivity index is 1.73. The molecule has 5 nitrogen and oxygen atoms in total. The van der Waals surface area contributed by atoms with Gasteiger partial charge in [0.15, 0.2) is 0 Å². The Morgan fingerprint density at radius 1 is 1.10 bits per heavy atom. The maximum Gasteiger partial charge on any atom is 0.143 e. The zero-order valence-corrected chi connectivity index (χ0v) is 11.1. The summed E-state index contributed by atoms with van der Waals surface area (Å²) >= 11 is 0. The largest absolute Gasteiger partial charge is 0.489 e. The molecule has 0 unspecified atom stereocenters. The zero-order valence-electron chi connectivity index (χ0n) is 11.1. The van der Waals surface area contributed by atoms with Crippen molar-refractivity contribution in [1.82, 2.24) is 20.2 Å². The van der Waals surface area contributed by atoms with Crippen LogP contribution in [0.1, 0.15) is 11.1 Å². The molecule has 0 atom stereocenters. The van der Waals surface area contributed by atoms with E-state index in [4.69, 9.17) is 4.74 Å². The lowest BCUT2D eigenvalue weighted by molar-refractivity contribution is 0.306. The van der Waals surface area contributed by atoms with Crippen molar-refractivity contribution in [2.45, 2.75) is 13.5 Å². The van der Waals surface area contributed by atoms with E-state index in [1.165, 1.54) is 5.56 Å². The first-order chi connectivity index (χ1) is 9.81. The molecule has 0 bridgehead atoms. The first-order valence-electron chi connectivity index (χ1n) is 6.33. The smallest absolute Gasteiger partial charge is 0.143 e. The lowest BCUT2D eigenvalue weighted by atomic mass is 10.1. The van der Waals surface area contributed by atoms with Crippen molar-refractivity contribution in [3.63, 3.8) is 0 Å². The van der Waals surface area contributed by atoms with Gasteiger partial charge in [0.2, 0.25) is 0 Å². The second kappa shape index (κ2) is 5.52. The fraction of sp³-hybridized carbons (Fsp3) is 0.133. The third-order valence-electron chi connectivity index (χ3n) is 2.92. The quantitative estimate of drug-likeness (QED) is 0.728. The first-order valence-corrected chi connectivity index (χ1v) is 6.33. The van der Waals surface area contributed by atoms with Gasteiger partial charge in [-0.25, -0.2) is 4.68 Å². The Morgan fingerprint density at radius 3 is 2.80 bits per heavy atom. The highest BCUT2D eigenvalue weighted by atomic mass is 16.5. The van der Waals surface area contributed by atoms with E-state index >= 15 is 0 Å². The molecule has 0 fully saturated rings. The molecule has 3 aromatic rings. The molecule has 0 aliphatic carbocycles. The summed E-state index contributed by atoms with van der Waals surface area (Å²) in [6, 6.07) is 15.9. The second-order valence-corrected chi connectivity index (χ2v) is 4.53. The van der Waals surface area contributed by atoms with Gasteiger partial charge in [-0.3, -0.25) is 0 Å². The number of tetrazole rings is 1. The second-order valence-electron chi connectivity index (χ2n) is 4.53. The molecule has 0 amide bonds. The molecule has 1 aromatic heterocycles. The Bertz CT molecular complexity index is 695. The van der Waals surface area contributed by atoms with Gasteiger partial charge in [-0.15, -0.1) is 5.10 Å². The summed E-state index contributed by atoms with van der Waals surface area (Å²) < 4.78 is 7.40. The molecule has 1 heterocycles. The topological polar surface area (TPSA) is 52.8 Å². The SMILES string of the molecule is Cc1cccc(COc2cccc(-n3cnnn3)c2)c1. The number of nitrogens with zero attached hydrogens (tertiary/aromatic N) is 4. The minimum Gasteiger partial charge on any atom is -0.489 e. The van der Waals surface area contributed by atoms with Crippen LogP contribution in [-0.4, -0.2) is 20.2 Å². The van der Waals surface area contributed by atoms with Gasteiger partial charge in [-0.05, 0) is 35.0 Å². The van der Waals surface area contributed by atoms with Crippen molar-refractivity contribution >= 4 is 0 Å². The molecule has 0 radical (unpaired) electrons. The molecule has 0 saturated heterocycles. The van der Waals surface area contributed by atoms with Crippen LogP contribution < -0.4 is 4.74 Å². The molecule has 0 spiro atoms. The number of ether oxygens (including phenoxy) is 1. The van der Waals surface area contributed by atoms with E-state index in [1.807, 2.05) is 30.3 Å². The summed E-state index contributed by atoms with van der Waals surface area (Å²) in [6.45, 7) is 2.61. The van der Waals surface area contributed by atoms with Crippen LogP contribution in [0.25, 0.3) is 5.69 Å². The van der Waals surface area contributed by atoms with E-state index in [1.54, 1.807) is 11.0 Å². The van der Waals surface area contributed by atoms with Gasteiger partial charge in [0, 0.05) is 6.07 Å². The van der Waals surface area contributed by atoms with Crippen LogP contribution in [0.15, 0.2) is 54.9 Å². The van der Waals surface area contributed by atoms with Gasteiger partial charge in [-0.1, -0.05) is 35.9 Å². The van der Waals surface area contributed by atoms with Gasteiger partial charge >= 0.3 is 0 Å². The molecule has 3 rings (SSSR count). The van der Waals surface area contributed by atoms with Crippen LogP contribution >= 0.6 is 0 Å². The fourth-order valence-corrected chi connectivity index (χ4v) is 1.96. The normalized spacial score (nSPS) is 10.4. The number of hydrogen-bond donors (Lipinski definition) is 0. The number of rotatable bonds is 4. The first kappa shape index (κ1) is 12.3. The summed E-state index contributed by atoms with van der Waals surface area (Å²) in [7, 11) is 0. The lowest BCUT2D eigenvalue weighted by Crippen LogP contribution is -1.98. The molecule has 2 aromatic carbocycles. The average molecular weight is 266 g/mol. The number of benzene rings is 2. The van der Waals surface area contributed by atoms with Gasteiger partial charge in [0.25, 0.3) is 0 Å². The zero-order chi connectivity index (χ0) is 13.8. The molecule has 0 saturated carbocycles. The Labute approximate surface area is 116 Å². The molecule has 5 heteroatoms. The van der Waals surface area contributed by atoms with Crippen LogP contribution in [-0.2, 0) is 6.61 Å². The number of aromatic nitrogens is 4. The van der Waals surface area contributed by atoms with Crippen LogP contribution in [0, 0.1) is 6.92 Å². The van der Waals surface area contributed by atoms with Crippen molar-refractivity contribution in [2.24, 2.45) is 0 Å². The van der Waals surface area contributed by atoms with Gasteiger partial charge in [0.1, 0.15) is 18.7 Å². The van der Waals surface area contributed by atoms with E-state index in [-0.39, 0.29) is 0 Å². The Hall–Kier alpha value is -2.69. The van der Waals surface area contributed by atoms with Gasteiger partial charge < -0.3 is 4.74 Å². The minimum absolute atomic E-state index is 0.542. The maximum atomic E-state index is 5.80. The van der Waals surface area contributed by atoms with E-state index in [2.05, 4.69) is 40.6 Å². The highest BCUT2D eigenvalue weighted by Crippen LogP contribution is 2.17. The fourth-order valence-electron chi connectivity index (χ4n) is 1.96. The molecular formula is C15H14N4O. The standard InChI is InChI=1S/C15H14N4O/c1-12-4-2-5-13(8-12)10-20-15-7-3-6-14(9-15)19-11-16-17-18-19/h2-9,11H,10H2,1H3. The lowest BCUT2D eigenvalue weighted by Gasteiger charge is -2.08. The summed E-state index contributed by atoms with van der Waals surface area (Å²) in [4.78, 5) is 0. The molecule has 0 N–H and O–H groups in total. The Morgan fingerprint density at radius 2 is 2.00 bits per heavy atom. The third-order valence-corrected chi connectivity index (χ3v) is 2.92. The minimum atomic E-state index is 0.542.